The van der Waals surface area contributed by atoms with E-state index in [0.29, 0.717) is 18.3 Å². The van der Waals surface area contributed by atoms with Crippen LogP contribution in [-0.4, -0.2) is 22.9 Å². The van der Waals surface area contributed by atoms with Crippen molar-refractivity contribution in [1.82, 2.24) is 0 Å². The monoisotopic (exact) mass is 346 g/mol. The number of aliphatic hydroxyl groups excluding tert-OH is 1. The summed E-state index contributed by atoms with van der Waals surface area (Å²) in [7, 11) is 0. The molecule has 1 fully saturated rings. The van der Waals surface area contributed by atoms with Crippen LogP contribution < -0.4 is 4.74 Å². The maximum atomic E-state index is 10.8. The lowest BCUT2D eigenvalue weighted by Gasteiger charge is -2.39. The van der Waals surface area contributed by atoms with E-state index in [0.717, 1.165) is 42.6 Å². The van der Waals surface area contributed by atoms with Crippen LogP contribution in [0.15, 0.2) is 12.1 Å². The normalized spacial score (nSPS) is 25.8. The summed E-state index contributed by atoms with van der Waals surface area (Å²) in [6.07, 6.45) is 8.48. The van der Waals surface area contributed by atoms with E-state index < -0.39 is 0 Å². The predicted molar refractivity (Wildman–Crippen MR) is 101 cm³/mol. The van der Waals surface area contributed by atoms with Crippen LogP contribution in [0, 0.1) is 5.92 Å². The first-order chi connectivity index (χ1) is 11.9. The summed E-state index contributed by atoms with van der Waals surface area (Å²) in [5.74, 6) is 1.86. The Kier molecular flexibility index (Phi) is 5.62. The first kappa shape index (κ1) is 18.6. The number of aliphatic hydroxyl groups is 1. The fourth-order valence-electron chi connectivity index (χ4n) is 4.59. The molecule has 3 atom stereocenters. The lowest BCUT2D eigenvalue weighted by Crippen LogP contribution is -2.33. The number of aromatic hydroxyl groups is 1. The number of hydrogen-bond acceptors (Lipinski definition) is 3. The van der Waals surface area contributed by atoms with Gasteiger partial charge in [-0.25, -0.2) is 0 Å². The molecule has 0 aromatic heterocycles. The zero-order valence-corrected chi connectivity index (χ0v) is 16.1. The average molecular weight is 347 g/mol. The summed E-state index contributed by atoms with van der Waals surface area (Å²) >= 11 is 0. The second-order valence-electron chi connectivity index (χ2n) is 8.75. The van der Waals surface area contributed by atoms with Gasteiger partial charge in [0.2, 0.25) is 0 Å². The van der Waals surface area contributed by atoms with Crippen LogP contribution in [0.5, 0.6) is 11.5 Å². The molecule has 25 heavy (non-hydrogen) atoms. The molecule has 1 heterocycles. The van der Waals surface area contributed by atoms with Crippen molar-refractivity contribution >= 4 is 0 Å². The Labute approximate surface area is 152 Å². The van der Waals surface area contributed by atoms with Crippen LogP contribution in [0.4, 0.5) is 0 Å². The molecule has 3 heteroatoms. The summed E-state index contributed by atoms with van der Waals surface area (Å²) in [4.78, 5) is 0. The van der Waals surface area contributed by atoms with Crippen LogP contribution in [0.3, 0.4) is 0 Å². The first-order valence-electron chi connectivity index (χ1n) is 10.1. The van der Waals surface area contributed by atoms with Crippen LogP contribution >= 0.6 is 0 Å². The van der Waals surface area contributed by atoms with E-state index in [9.17, 15) is 10.2 Å². The second kappa shape index (κ2) is 7.57. The first-order valence-corrected chi connectivity index (χ1v) is 10.1. The molecular weight excluding hydrogens is 312 g/mol. The van der Waals surface area contributed by atoms with Crippen molar-refractivity contribution in [3.05, 3.63) is 23.3 Å². The van der Waals surface area contributed by atoms with E-state index in [4.69, 9.17) is 4.74 Å². The van der Waals surface area contributed by atoms with E-state index in [1.54, 1.807) is 0 Å². The summed E-state index contributed by atoms with van der Waals surface area (Å²) in [5, 5.41) is 20.8. The second-order valence-corrected chi connectivity index (χ2v) is 8.75. The number of unbranched alkanes of at least 4 members (excludes halogenated alkanes) is 3. The highest BCUT2D eigenvalue weighted by Crippen LogP contribution is 2.50. The molecule has 1 aromatic rings. The fraction of sp³-hybridized carbons (Fsp3) is 0.727. The standard InChI is InChI=1S/C22H34O3/c1-4-5-6-7-10-22(2,3)16-11-19(24)21-18-13-17(23)9-8-15(18)14-25-20(21)12-16/h11-12,15,17-18,23-24H,4-10,13-14H2,1-3H3/t15-,17?,18+/m0/s1. The van der Waals surface area contributed by atoms with Gasteiger partial charge in [0.1, 0.15) is 11.5 Å². The van der Waals surface area contributed by atoms with E-state index >= 15 is 0 Å². The molecular formula is C22H34O3. The van der Waals surface area contributed by atoms with Gasteiger partial charge < -0.3 is 14.9 Å². The molecule has 1 aromatic carbocycles. The third-order valence-electron chi connectivity index (χ3n) is 6.35. The van der Waals surface area contributed by atoms with Crippen molar-refractivity contribution in [2.75, 3.05) is 6.61 Å². The van der Waals surface area contributed by atoms with Gasteiger partial charge in [-0.3, -0.25) is 0 Å². The molecule has 1 saturated carbocycles. The number of hydrogen-bond donors (Lipinski definition) is 2. The van der Waals surface area contributed by atoms with Crippen molar-refractivity contribution in [3.63, 3.8) is 0 Å². The van der Waals surface area contributed by atoms with Gasteiger partial charge in [-0.15, -0.1) is 0 Å². The molecule has 2 aliphatic rings. The van der Waals surface area contributed by atoms with E-state index in [2.05, 4.69) is 26.8 Å². The molecule has 1 aliphatic carbocycles. The molecule has 0 bridgehead atoms. The number of fused-ring (bicyclic) bond motifs is 3. The number of phenols is 1. The lowest BCUT2D eigenvalue weighted by molar-refractivity contribution is 0.0626. The van der Waals surface area contributed by atoms with E-state index in [1.165, 1.54) is 25.7 Å². The van der Waals surface area contributed by atoms with Crippen molar-refractivity contribution in [1.29, 1.82) is 0 Å². The predicted octanol–water partition coefficient (Wildman–Crippen LogP) is 5.28. The molecule has 1 unspecified atom stereocenters. The van der Waals surface area contributed by atoms with E-state index in [-0.39, 0.29) is 17.4 Å². The van der Waals surface area contributed by atoms with Crippen LogP contribution in [0.2, 0.25) is 0 Å². The van der Waals surface area contributed by atoms with Gasteiger partial charge in [-0.05, 0) is 54.7 Å². The topological polar surface area (TPSA) is 49.7 Å². The third kappa shape index (κ3) is 3.97. The van der Waals surface area contributed by atoms with Crippen molar-refractivity contribution in [2.45, 2.75) is 89.6 Å². The van der Waals surface area contributed by atoms with Crippen molar-refractivity contribution in [3.8, 4) is 11.5 Å². The number of benzene rings is 1. The van der Waals surface area contributed by atoms with Gasteiger partial charge >= 0.3 is 0 Å². The molecule has 0 spiro atoms. The minimum Gasteiger partial charge on any atom is -0.508 e. The highest BCUT2D eigenvalue weighted by Gasteiger charge is 2.38. The smallest absolute Gasteiger partial charge is 0.126 e. The average Bonchev–Trinajstić information content (AvgIpc) is 2.58. The zero-order valence-electron chi connectivity index (χ0n) is 16.1. The molecule has 0 radical (unpaired) electrons. The van der Waals surface area contributed by atoms with Crippen molar-refractivity contribution < 1.29 is 14.9 Å². The Balaban J connectivity index is 1.82. The van der Waals surface area contributed by atoms with Gasteiger partial charge in [0, 0.05) is 11.5 Å². The van der Waals surface area contributed by atoms with Crippen molar-refractivity contribution in [2.24, 2.45) is 5.92 Å². The van der Waals surface area contributed by atoms with Crippen LogP contribution in [0.1, 0.15) is 89.2 Å². The lowest BCUT2D eigenvalue weighted by atomic mass is 9.71. The summed E-state index contributed by atoms with van der Waals surface area (Å²) in [6, 6.07) is 4.09. The SMILES string of the molecule is CCCCCCC(C)(C)c1cc(O)c2c(c1)OC[C@@H]1CCC(O)C[C@@H]21. The highest BCUT2D eigenvalue weighted by atomic mass is 16.5. The maximum absolute atomic E-state index is 10.8. The Morgan fingerprint density at radius 1 is 1.16 bits per heavy atom. The molecule has 0 saturated heterocycles. The van der Waals surface area contributed by atoms with Gasteiger partial charge in [0.05, 0.1) is 12.7 Å². The minimum atomic E-state index is -0.249. The molecule has 1 aliphatic heterocycles. The van der Waals surface area contributed by atoms with Crippen LogP contribution in [0.25, 0.3) is 0 Å². The van der Waals surface area contributed by atoms with Crippen LogP contribution in [-0.2, 0) is 5.41 Å². The Hall–Kier alpha value is -1.22. The summed E-state index contributed by atoms with van der Waals surface area (Å²) < 4.78 is 6.05. The van der Waals surface area contributed by atoms with Gasteiger partial charge in [0.25, 0.3) is 0 Å². The van der Waals surface area contributed by atoms with Gasteiger partial charge in [0.15, 0.2) is 0 Å². The Morgan fingerprint density at radius 3 is 2.72 bits per heavy atom. The molecule has 2 N–H and O–H groups in total. The van der Waals surface area contributed by atoms with E-state index in [1.807, 2.05) is 6.07 Å². The zero-order chi connectivity index (χ0) is 18.0. The van der Waals surface area contributed by atoms with Gasteiger partial charge in [-0.1, -0.05) is 46.5 Å². The highest BCUT2D eigenvalue weighted by molar-refractivity contribution is 5.52. The molecule has 140 valence electrons. The fourth-order valence-corrected chi connectivity index (χ4v) is 4.59. The number of rotatable bonds is 6. The largest absolute Gasteiger partial charge is 0.508 e. The summed E-state index contributed by atoms with van der Waals surface area (Å²) in [5.41, 5.74) is 2.13. The Morgan fingerprint density at radius 2 is 1.96 bits per heavy atom. The van der Waals surface area contributed by atoms with Gasteiger partial charge in [-0.2, -0.15) is 0 Å². The Bertz CT molecular complexity index is 593. The number of phenolic OH excluding ortho intramolecular Hbond substituents is 1. The number of ether oxygens (including phenoxy) is 1. The molecule has 3 rings (SSSR count). The summed E-state index contributed by atoms with van der Waals surface area (Å²) in [6.45, 7) is 7.47. The third-order valence-corrected chi connectivity index (χ3v) is 6.35. The molecule has 3 nitrogen and oxygen atoms in total. The minimum absolute atomic E-state index is 0.0343. The maximum Gasteiger partial charge on any atom is 0.126 e. The molecule has 0 amide bonds. The quantitative estimate of drug-likeness (QED) is 0.689.